The molecule has 1 rings (SSSR count). The van der Waals surface area contributed by atoms with E-state index in [9.17, 15) is 9.59 Å². The van der Waals surface area contributed by atoms with Gasteiger partial charge in [0.2, 0.25) is 0 Å². The van der Waals surface area contributed by atoms with E-state index < -0.39 is 0 Å². The number of rotatable bonds is 5. The van der Waals surface area contributed by atoms with Crippen LogP contribution < -0.4 is 0 Å². The molecule has 0 aliphatic heterocycles. The second kappa shape index (κ2) is 4.52. The Morgan fingerprint density at radius 2 is 2.00 bits per heavy atom. The maximum absolute atomic E-state index is 11.6. The first kappa shape index (κ1) is 12.5. The van der Waals surface area contributed by atoms with Crippen LogP contribution in [0.3, 0.4) is 0 Å². The molecule has 1 fully saturated rings. The van der Waals surface area contributed by atoms with Crippen LogP contribution in [0.5, 0.6) is 0 Å². The summed E-state index contributed by atoms with van der Waals surface area (Å²) in [5, 5.41) is 0. The predicted molar refractivity (Wildman–Crippen MR) is 57.7 cm³/mol. The lowest BCUT2D eigenvalue weighted by Gasteiger charge is -2.02. The molecule has 1 aliphatic rings. The molecule has 0 N–H and O–H groups in total. The summed E-state index contributed by atoms with van der Waals surface area (Å²) in [6.07, 6.45) is 0.466. The van der Waals surface area contributed by atoms with E-state index in [-0.39, 0.29) is 35.6 Å². The topological polar surface area (TPSA) is 43.4 Å². The Bertz CT molecular complexity index is 273. The lowest BCUT2D eigenvalue weighted by atomic mass is 10.1. The lowest BCUT2D eigenvalue weighted by Crippen LogP contribution is -2.12. The number of esters is 1. The summed E-state index contributed by atoms with van der Waals surface area (Å²) in [5.74, 6) is 0.228. The minimum Gasteiger partial charge on any atom is -0.464 e. The summed E-state index contributed by atoms with van der Waals surface area (Å²) in [6, 6.07) is 0. The van der Waals surface area contributed by atoms with Gasteiger partial charge >= 0.3 is 5.97 Å². The van der Waals surface area contributed by atoms with Crippen LogP contribution in [-0.4, -0.2) is 24.2 Å². The fourth-order valence-electron chi connectivity index (χ4n) is 2.13. The Labute approximate surface area is 95.1 Å². The zero-order valence-electron chi connectivity index (χ0n) is 9.38. The van der Waals surface area contributed by atoms with Crippen molar-refractivity contribution in [3.05, 3.63) is 0 Å². The highest BCUT2D eigenvalue weighted by atomic mass is 35.5. The minimum atomic E-state index is -0.216. The summed E-state index contributed by atoms with van der Waals surface area (Å²) < 4.78 is 4.98. The maximum atomic E-state index is 11.6. The third-order valence-corrected chi connectivity index (χ3v) is 3.29. The quantitative estimate of drug-likeness (QED) is 0.538. The van der Waals surface area contributed by atoms with Gasteiger partial charge in [-0.3, -0.25) is 4.79 Å². The molecule has 0 radical (unpaired) electrons. The number of Topliss-reactive ketones (excluding diaryl/α,β-unsaturated/α-hetero) is 1. The molecule has 1 aliphatic carbocycles. The van der Waals surface area contributed by atoms with Crippen LogP contribution in [0.25, 0.3) is 0 Å². The van der Waals surface area contributed by atoms with Crippen molar-refractivity contribution in [3.8, 4) is 0 Å². The standard InChI is InChI=1S/C11H17ClO3/c1-7(13)6-8-9(11(8,2)3)10(14)15-5-4-12/h8-9H,4-6H2,1-3H3/t8-,9-/m0/s1. The minimum absolute atomic E-state index is 0.102. The van der Waals surface area contributed by atoms with Crippen LogP contribution >= 0.6 is 11.6 Å². The fraction of sp³-hybridized carbons (Fsp3) is 0.818. The molecule has 0 amide bonds. The number of halogens is 1. The molecule has 0 bridgehead atoms. The second-order valence-corrected chi connectivity index (χ2v) is 5.05. The zero-order chi connectivity index (χ0) is 11.6. The molecular weight excluding hydrogens is 216 g/mol. The van der Waals surface area contributed by atoms with Crippen molar-refractivity contribution in [1.29, 1.82) is 0 Å². The molecule has 0 aromatic carbocycles. The van der Waals surface area contributed by atoms with Crippen LogP contribution in [-0.2, 0) is 14.3 Å². The van der Waals surface area contributed by atoms with E-state index in [2.05, 4.69) is 0 Å². The van der Waals surface area contributed by atoms with Crippen LogP contribution in [0, 0.1) is 17.3 Å². The molecule has 1 saturated carbocycles. The molecule has 0 aromatic heterocycles. The summed E-state index contributed by atoms with van der Waals surface area (Å²) in [4.78, 5) is 22.6. The first-order chi connectivity index (χ1) is 6.91. The van der Waals surface area contributed by atoms with Crippen LogP contribution in [0.1, 0.15) is 27.2 Å². The van der Waals surface area contributed by atoms with E-state index in [0.29, 0.717) is 12.3 Å². The van der Waals surface area contributed by atoms with Crippen molar-refractivity contribution in [2.75, 3.05) is 12.5 Å². The second-order valence-electron chi connectivity index (χ2n) is 4.67. The van der Waals surface area contributed by atoms with E-state index in [1.165, 1.54) is 0 Å². The zero-order valence-corrected chi connectivity index (χ0v) is 10.1. The predicted octanol–water partition coefficient (Wildman–Crippen LogP) is 2.02. The molecule has 15 heavy (non-hydrogen) atoms. The van der Waals surface area contributed by atoms with Gasteiger partial charge in [0.25, 0.3) is 0 Å². The third-order valence-electron chi connectivity index (χ3n) is 3.13. The Balaban J connectivity index is 2.50. The van der Waals surface area contributed by atoms with Crippen molar-refractivity contribution in [2.45, 2.75) is 27.2 Å². The molecule has 3 nitrogen and oxygen atoms in total. The highest BCUT2D eigenvalue weighted by molar-refractivity contribution is 6.18. The van der Waals surface area contributed by atoms with Gasteiger partial charge < -0.3 is 9.53 Å². The highest BCUT2D eigenvalue weighted by Gasteiger charge is 2.62. The summed E-state index contributed by atoms with van der Waals surface area (Å²) >= 11 is 5.43. The van der Waals surface area contributed by atoms with Crippen molar-refractivity contribution >= 4 is 23.4 Å². The van der Waals surface area contributed by atoms with Crippen LogP contribution in [0.2, 0.25) is 0 Å². The van der Waals surface area contributed by atoms with E-state index in [4.69, 9.17) is 16.3 Å². The number of ether oxygens (including phenoxy) is 1. The summed E-state index contributed by atoms with van der Waals surface area (Å²) in [6.45, 7) is 5.79. The maximum Gasteiger partial charge on any atom is 0.309 e. The molecule has 2 atom stereocenters. The van der Waals surface area contributed by atoms with Gasteiger partial charge in [-0.25, -0.2) is 0 Å². The van der Waals surface area contributed by atoms with Crippen molar-refractivity contribution in [3.63, 3.8) is 0 Å². The van der Waals surface area contributed by atoms with Crippen LogP contribution in [0.15, 0.2) is 0 Å². The number of carbonyl (C=O) groups excluding carboxylic acids is 2. The number of hydrogen-bond acceptors (Lipinski definition) is 3. The van der Waals surface area contributed by atoms with Gasteiger partial charge in [0, 0.05) is 6.42 Å². The van der Waals surface area contributed by atoms with Gasteiger partial charge in [-0.15, -0.1) is 11.6 Å². The van der Waals surface area contributed by atoms with Crippen molar-refractivity contribution in [1.82, 2.24) is 0 Å². The Hall–Kier alpha value is -0.570. The summed E-state index contributed by atoms with van der Waals surface area (Å²) in [5.41, 5.74) is -0.102. The molecule has 0 aromatic rings. The normalized spacial score (nSPS) is 27.2. The van der Waals surface area contributed by atoms with Gasteiger partial charge in [0.05, 0.1) is 11.8 Å². The number of ketones is 1. The van der Waals surface area contributed by atoms with Gasteiger partial charge in [0.1, 0.15) is 12.4 Å². The Morgan fingerprint density at radius 1 is 1.40 bits per heavy atom. The van der Waals surface area contributed by atoms with E-state index in [0.717, 1.165) is 0 Å². The van der Waals surface area contributed by atoms with Gasteiger partial charge in [-0.05, 0) is 18.3 Å². The van der Waals surface area contributed by atoms with Crippen molar-refractivity contribution in [2.24, 2.45) is 17.3 Å². The van der Waals surface area contributed by atoms with E-state index >= 15 is 0 Å². The lowest BCUT2D eigenvalue weighted by molar-refractivity contribution is -0.145. The van der Waals surface area contributed by atoms with Crippen LogP contribution in [0.4, 0.5) is 0 Å². The molecule has 0 saturated heterocycles. The molecule has 4 heteroatoms. The SMILES string of the molecule is CC(=O)C[C@H]1[C@@H](C(=O)OCCCl)C1(C)C. The summed E-state index contributed by atoms with van der Waals surface area (Å²) in [7, 11) is 0. The average Bonchev–Trinajstić information content (AvgIpc) is 2.63. The van der Waals surface area contributed by atoms with E-state index in [1.54, 1.807) is 6.92 Å². The average molecular weight is 233 g/mol. The first-order valence-corrected chi connectivity index (χ1v) is 5.66. The Morgan fingerprint density at radius 3 is 2.47 bits per heavy atom. The van der Waals surface area contributed by atoms with Gasteiger partial charge in [-0.1, -0.05) is 13.8 Å². The highest BCUT2D eigenvalue weighted by Crippen LogP contribution is 2.60. The van der Waals surface area contributed by atoms with Gasteiger partial charge in [0.15, 0.2) is 0 Å². The smallest absolute Gasteiger partial charge is 0.309 e. The molecule has 0 heterocycles. The first-order valence-electron chi connectivity index (χ1n) is 5.13. The Kier molecular flexibility index (Phi) is 3.77. The largest absolute Gasteiger partial charge is 0.464 e. The molecule has 0 spiro atoms. The number of hydrogen-bond donors (Lipinski definition) is 0. The monoisotopic (exact) mass is 232 g/mol. The van der Waals surface area contributed by atoms with E-state index in [1.807, 2.05) is 13.8 Å². The third kappa shape index (κ3) is 2.71. The molecular formula is C11H17ClO3. The number of carbonyl (C=O) groups is 2. The van der Waals surface area contributed by atoms with Crippen molar-refractivity contribution < 1.29 is 14.3 Å². The van der Waals surface area contributed by atoms with Gasteiger partial charge in [-0.2, -0.15) is 0 Å². The fourth-order valence-corrected chi connectivity index (χ4v) is 2.21. The number of alkyl halides is 1. The molecule has 0 unspecified atom stereocenters. The molecule has 86 valence electrons.